The smallest absolute Gasteiger partial charge is 0.200 e. The Bertz CT molecular complexity index is 359. The van der Waals surface area contributed by atoms with Crippen molar-refractivity contribution >= 4 is 15.9 Å². The molecule has 0 unspecified atom stereocenters. The molecule has 0 aliphatic rings. The minimum atomic E-state index is -0.971. The van der Waals surface area contributed by atoms with Gasteiger partial charge in [0.05, 0.1) is 6.61 Å². The van der Waals surface area contributed by atoms with E-state index in [1.165, 1.54) is 6.07 Å². The Hall–Kier alpha value is -0.680. The van der Waals surface area contributed by atoms with Crippen LogP contribution in [-0.4, -0.2) is 19.8 Å². The molecule has 1 aromatic rings. The monoisotopic (exact) mass is 308 g/mol. The van der Waals surface area contributed by atoms with Gasteiger partial charge in [0.2, 0.25) is 5.82 Å². The molecule has 0 saturated carbocycles. The molecule has 0 aromatic heterocycles. The second kappa shape index (κ2) is 7.61. The van der Waals surface area contributed by atoms with Crippen LogP contribution in [0.3, 0.4) is 0 Å². The zero-order valence-electron chi connectivity index (χ0n) is 9.64. The van der Waals surface area contributed by atoms with E-state index in [1.54, 1.807) is 0 Å². The average Bonchev–Trinajstić information content (AvgIpc) is 2.29. The highest BCUT2D eigenvalue weighted by atomic mass is 79.9. The summed E-state index contributed by atoms with van der Waals surface area (Å²) in [5.74, 6) is -2.00. The normalized spacial score (nSPS) is 10.6. The van der Waals surface area contributed by atoms with Crippen molar-refractivity contribution in [2.24, 2.45) is 0 Å². The summed E-state index contributed by atoms with van der Waals surface area (Å²) in [5.41, 5.74) is 0. The fraction of sp³-hybridized carbons (Fsp3) is 0.500. The van der Waals surface area contributed by atoms with E-state index in [0.717, 1.165) is 18.9 Å². The molecule has 2 nitrogen and oxygen atoms in total. The summed E-state index contributed by atoms with van der Waals surface area (Å²) < 4.78 is 37.0. The number of ether oxygens (including phenoxy) is 2. The first-order chi connectivity index (χ1) is 8.15. The molecular weight excluding hydrogens is 294 g/mol. The molecule has 0 aliphatic carbocycles. The maximum absolute atomic E-state index is 13.2. The molecule has 0 radical (unpaired) electrons. The van der Waals surface area contributed by atoms with Crippen LogP contribution in [0.25, 0.3) is 0 Å². The Labute approximate surface area is 108 Å². The van der Waals surface area contributed by atoms with E-state index in [2.05, 4.69) is 22.9 Å². The molecule has 0 amide bonds. The summed E-state index contributed by atoms with van der Waals surface area (Å²) in [6, 6.07) is 2.45. The van der Waals surface area contributed by atoms with E-state index in [4.69, 9.17) is 9.47 Å². The van der Waals surface area contributed by atoms with Crippen molar-refractivity contribution in [3.8, 4) is 5.75 Å². The molecule has 0 fully saturated rings. The van der Waals surface area contributed by atoms with Gasteiger partial charge in [0, 0.05) is 11.1 Å². The maximum Gasteiger partial charge on any atom is 0.200 e. The molecule has 5 heteroatoms. The van der Waals surface area contributed by atoms with Gasteiger partial charge >= 0.3 is 0 Å². The minimum Gasteiger partial charge on any atom is -0.488 e. The molecular formula is C12H15BrF2O2. The second-order valence-corrected chi connectivity index (χ2v) is 4.43. The molecule has 96 valence electrons. The number of halogens is 3. The van der Waals surface area contributed by atoms with E-state index in [-0.39, 0.29) is 12.4 Å². The van der Waals surface area contributed by atoms with Gasteiger partial charge in [0.1, 0.15) is 6.61 Å². The van der Waals surface area contributed by atoms with Crippen LogP contribution < -0.4 is 4.74 Å². The van der Waals surface area contributed by atoms with Crippen LogP contribution in [0.2, 0.25) is 0 Å². The largest absolute Gasteiger partial charge is 0.488 e. The number of hydrogen-bond acceptors (Lipinski definition) is 2. The van der Waals surface area contributed by atoms with Crippen LogP contribution in [0.1, 0.15) is 19.8 Å². The molecule has 0 N–H and O–H groups in total. The molecule has 0 heterocycles. The highest BCUT2D eigenvalue weighted by Gasteiger charge is 2.10. The van der Waals surface area contributed by atoms with E-state index in [0.29, 0.717) is 17.7 Å². The van der Waals surface area contributed by atoms with Gasteiger partial charge in [-0.2, -0.15) is 4.39 Å². The molecule has 0 atom stereocenters. The third-order valence-corrected chi connectivity index (χ3v) is 2.54. The lowest BCUT2D eigenvalue weighted by Gasteiger charge is -2.08. The summed E-state index contributed by atoms with van der Waals surface area (Å²) in [6.07, 6.45) is 2.05. The van der Waals surface area contributed by atoms with Crippen molar-refractivity contribution in [1.82, 2.24) is 0 Å². The Morgan fingerprint density at radius 3 is 2.65 bits per heavy atom. The predicted molar refractivity (Wildman–Crippen MR) is 65.3 cm³/mol. The first-order valence-electron chi connectivity index (χ1n) is 5.50. The van der Waals surface area contributed by atoms with Crippen molar-refractivity contribution in [3.05, 3.63) is 28.2 Å². The van der Waals surface area contributed by atoms with Crippen molar-refractivity contribution in [3.63, 3.8) is 0 Å². The highest BCUT2D eigenvalue weighted by molar-refractivity contribution is 9.10. The topological polar surface area (TPSA) is 18.5 Å². The fourth-order valence-electron chi connectivity index (χ4n) is 1.20. The van der Waals surface area contributed by atoms with Gasteiger partial charge in [-0.05, 0) is 18.6 Å². The molecule has 1 rings (SSSR count). The van der Waals surface area contributed by atoms with E-state index >= 15 is 0 Å². The lowest BCUT2D eigenvalue weighted by atomic mass is 10.3. The standard InChI is InChI=1S/C12H15BrF2O2/c1-2-3-4-16-5-6-17-11-8-9(13)7-10(14)12(11)15/h7-8H,2-6H2,1H3. The van der Waals surface area contributed by atoms with E-state index < -0.39 is 11.6 Å². The summed E-state index contributed by atoms with van der Waals surface area (Å²) >= 11 is 3.07. The molecule has 1 aromatic carbocycles. The lowest BCUT2D eigenvalue weighted by Crippen LogP contribution is -2.08. The molecule has 0 bridgehead atoms. The third-order valence-electron chi connectivity index (χ3n) is 2.09. The number of rotatable bonds is 7. The van der Waals surface area contributed by atoms with Crippen LogP contribution in [0.15, 0.2) is 16.6 Å². The van der Waals surface area contributed by atoms with Crippen LogP contribution in [0.4, 0.5) is 8.78 Å². The van der Waals surface area contributed by atoms with Crippen LogP contribution in [0.5, 0.6) is 5.75 Å². The summed E-state index contributed by atoms with van der Waals surface area (Å²) in [7, 11) is 0. The number of unbranched alkanes of at least 4 members (excludes halogenated alkanes) is 1. The zero-order chi connectivity index (χ0) is 12.7. The van der Waals surface area contributed by atoms with Crippen molar-refractivity contribution < 1.29 is 18.3 Å². The lowest BCUT2D eigenvalue weighted by molar-refractivity contribution is 0.0963. The zero-order valence-corrected chi connectivity index (χ0v) is 11.2. The molecule has 0 spiro atoms. The molecule has 0 saturated heterocycles. The molecule has 17 heavy (non-hydrogen) atoms. The van der Waals surface area contributed by atoms with E-state index in [9.17, 15) is 8.78 Å². The van der Waals surface area contributed by atoms with Gasteiger partial charge in [0.25, 0.3) is 0 Å². The summed E-state index contributed by atoms with van der Waals surface area (Å²) in [4.78, 5) is 0. The second-order valence-electron chi connectivity index (χ2n) is 3.51. The highest BCUT2D eigenvalue weighted by Crippen LogP contribution is 2.25. The van der Waals surface area contributed by atoms with Crippen LogP contribution >= 0.6 is 15.9 Å². The maximum atomic E-state index is 13.2. The van der Waals surface area contributed by atoms with Gasteiger partial charge in [-0.15, -0.1) is 0 Å². The Balaban J connectivity index is 2.36. The van der Waals surface area contributed by atoms with Crippen LogP contribution in [-0.2, 0) is 4.74 Å². The van der Waals surface area contributed by atoms with E-state index in [1.807, 2.05) is 0 Å². The Morgan fingerprint density at radius 1 is 1.18 bits per heavy atom. The minimum absolute atomic E-state index is 0.101. The average molecular weight is 309 g/mol. The third kappa shape index (κ3) is 5.00. The Kier molecular flexibility index (Phi) is 6.44. The van der Waals surface area contributed by atoms with Crippen molar-refractivity contribution in [2.45, 2.75) is 19.8 Å². The van der Waals surface area contributed by atoms with Gasteiger partial charge in [-0.25, -0.2) is 4.39 Å². The van der Waals surface area contributed by atoms with Gasteiger partial charge in [-0.1, -0.05) is 29.3 Å². The van der Waals surface area contributed by atoms with Gasteiger partial charge < -0.3 is 9.47 Å². The van der Waals surface area contributed by atoms with Crippen molar-refractivity contribution in [2.75, 3.05) is 19.8 Å². The quantitative estimate of drug-likeness (QED) is 0.561. The SMILES string of the molecule is CCCCOCCOc1cc(Br)cc(F)c1F. The number of hydrogen-bond donors (Lipinski definition) is 0. The summed E-state index contributed by atoms with van der Waals surface area (Å²) in [6.45, 7) is 3.30. The van der Waals surface area contributed by atoms with Gasteiger partial charge in [-0.3, -0.25) is 0 Å². The Morgan fingerprint density at radius 2 is 1.94 bits per heavy atom. The predicted octanol–water partition coefficient (Wildman–Crippen LogP) is 3.92. The molecule has 0 aliphatic heterocycles. The number of benzene rings is 1. The van der Waals surface area contributed by atoms with Crippen LogP contribution in [0, 0.1) is 11.6 Å². The van der Waals surface area contributed by atoms with Gasteiger partial charge in [0.15, 0.2) is 11.6 Å². The first kappa shape index (κ1) is 14.4. The first-order valence-corrected chi connectivity index (χ1v) is 6.29. The fourth-order valence-corrected chi connectivity index (χ4v) is 1.61. The summed E-state index contributed by atoms with van der Waals surface area (Å²) in [5, 5.41) is 0. The van der Waals surface area contributed by atoms with Crippen molar-refractivity contribution in [1.29, 1.82) is 0 Å².